The highest BCUT2D eigenvalue weighted by Gasteiger charge is 2.38. The van der Waals surface area contributed by atoms with Crippen molar-refractivity contribution in [2.45, 2.75) is 20.0 Å². The van der Waals surface area contributed by atoms with Crippen LogP contribution in [0, 0.1) is 13.8 Å². The summed E-state index contributed by atoms with van der Waals surface area (Å²) in [5.41, 5.74) is 5.57. The highest BCUT2D eigenvalue weighted by Crippen LogP contribution is 2.43. The van der Waals surface area contributed by atoms with E-state index in [1.807, 2.05) is 0 Å². The minimum atomic E-state index is -4.71. The Balaban J connectivity index is 2.87. The van der Waals surface area contributed by atoms with Gasteiger partial charge in [-0.05, 0) is 25.0 Å². The van der Waals surface area contributed by atoms with Crippen molar-refractivity contribution in [2.24, 2.45) is 0 Å². The van der Waals surface area contributed by atoms with E-state index in [0.29, 0.717) is 16.7 Å². The van der Waals surface area contributed by atoms with Crippen molar-refractivity contribution in [1.29, 1.82) is 0 Å². The number of aromatic nitrogens is 1. The molecule has 0 aliphatic heterocycles. The quantitative estimate of drug-likeness (QED) is 0.839. The van der Waals surface area contributed by atoms with Gasteiger partial charge in [0.15, 0.2) is 0 Å². The van der Waals surface area contributed by atoms with Crippen LogP contribution in [-0.4, -0.2) is 10.1 Å². The molecule has 1 aromatic carbocycles. The van der Waals surface area contributed by atoms with Gasteiger partial charge in [0.2, 0.25) is 0 Å². The van der Waals surface area contributed by atoms with Gasteiger partial charge in [-0.15, -0.1) is 0 Å². The van der Waals surface area contributed by atoms with E-state index in [4.69, 9.17) is 5.73 Å². The molecule has 0 atom stereocenters. The van der Waals surface area contributed by atoms with Crippen molar-refractivity contribution in [3.05, 3.63) is 41.0 Å². The fourth-order valence-electron chi connectivity index (χ4n) is 2.20. The normalized spacial score (nSPS) is 11.7. The third kappa shape index (κ3) is 2.41. The number of aryl methyl sites for hydroxylation is 2. The molecule has 0 radical (unpaired) electrons. The summed E-state index contributed by atoms with van der Waals surface area (Å²) < 4.78 is 39.4. The van der Waals surface area contributed by atoms with Crippen LogP contribution in [-0.2, 0) is 6.18 Å². The van der Waals surface area contributed by atoms with E-state index < -0.39 is 17.5 Å². The van der Waals surface area contributed by atoms with Gasteiger partial charge in [0, 0.05) is 11.6 Å². The monoisotopic (exact) mass is 282 g/mol. The van der Waals surface area contributed by atoms with Crippen LogP contribution < -0.4 is 5.73 Å². The Labute approximate surface area is 113 Å². The van der Waals surface area contributed by atoms with Crippen LogP contribution >= 0.6 is 0 Å². The second kappa shape index (κ2) is 4.70. The zero-order valence-corrected chi connectivity index (χ0v) is 10.9. The van der Waals surface area contributed by atoms with Crippen molar-refractivity contribution < 1.29 is 18.3 Å². The van der Waals surface area contributed by atoms with E-state index >= 15 is 0 Å². The maximum Gasteiger partial charge on any atom is 0.422 e. The summed E-state index contributed by atoms with van der Waals surface area (Å²) in [6.07, 6.45) is -4.71. The summed E-state index contributed by atoms with van der Waals surface area (Å²) in [5, 5.41) is 9.61. The Hall–Kier alpha value is -2.24. The molecule has 0 spiro atoms. The number of anilines is 1. The number of hydrogen-bond donors (Lipinski definition) is 2. The van der Waals surface area contributed by atoms with Crippen LogP contribution in [0.5, 0.6) is 5.75 Å². The zero-order valence-electron chi connectivity index (χ0n) is 10.9. The molecule has 2 rings (SSSR count). The van der Waals surface area contributed by atoms with Gasteiger partial charge in [-0.25, -0.2) is 4.98 Å². The lowest BCUT2D eigenvalue weighted by atomic mass is 9.96. The molecule has 6 heteroatoms. The van der Waals surface area contributed by atoms with Crippen molar-refractivity contribution in [3.63, 3.8) is 0 Å². The first-order valence-electron chi connectivity index (χ1n) is 5.85. The Morgan fingerprint density at radius 1 is 1.15 bits per heavy atom. The second-order valence-corrected chi connectivity index (χ2v) is 4.55. The third-order valence-electron chi connectivity index (χ3n) is 3.02. The standard InChI is InChI=1S/C14H13F3N2O/c1-7-4-3-5-8(2)11(7)13-12(14(15,16)17)9(20)6-10(18)19-13/h3-6H,1-2H3,(H3,18,19,20). The van der Waals surface area contributed by atoms with Gasteiger partial charge < -0.3 is 10.8 Å². The third-order valence-corrected chi connectivity index (χ3v) is 3.02. The molecule has 0 aliphatic carbocycles. The maximum atomic E-state index is 13.1. The molecule has 0 saturated carbocycles. The average molecular weight is 282 g/mol. The number of aromatic hydroxyl groups is 1. The number of benzene rings is 1. The molecule has 0 saturated heterocycles. The first-order valence-corrected chi connectivity index (χ1v) is 5.85. The van der Waals surface area contributed by atoms with E-state index in [-0.39, 0.29) is 11.5 Å². The number of nitrogens with zero attached hydrogens (tertiary/aromatic N) is 1. The van der Waals surface area contributed by atoms with Gasteiger partial charge >= 0.3 is 6.18 Å². The molecule has 3 N–H and O–H groups in total. The van der Waals surface area contributed by atoms with E-state index in [1.54, 1.807) is 32.0 Å². The van der Waals surface area contributed by atoms with Gasteiger partial charge in [-0.3, -0.25) is 0 Å². The molecule has 106 valence electrons. The molecule has 0 bridgehead atoms. The summed E-state index contributed by atoms with van der Waals surface area (Å²) in [5.74, 6) is -1.07. The largest absolute Gasteiger partial charge is 0.507 e. The van der Waals surface area contributed by atoms with Crippen LogP contribution in [0.1, 0.15) is 16.7 Å². The predicted octanol–water partition coefficient (Wildman–Crippen LogP) is 3.67. The van der Waals surface area contributed by atoms with Crippen LogP contribution in [0.4, 0.5) is 19.0 Å². The molecule has 1 aromatic heterocycles. The summed E-state index contributed by atoms with van der Waals surface area (Å²) in [7, 11) is 0. The second-order valence-electron chi connectivity index (χ2n) is 4.55. The molecule has 2 aromatic rings. The van der Waals surface area contributed by atoms with Gasteiger partial charge in [-0.2, -0.15) is 13.2 Å². The average Bonchev–Trinajstić information content (AvgIpc) is 2.25. The van der Waals surface area contributed by atoms with Crippen LogP contribution in [0.3, 0.4) is 0 Å². The van der Waals surface area contributed by atoms with Crippen LogP contribution in [0.25, 0.3) is 11.3 Å². The molecule has 3 nitrogen and oxygen atoms in total. The molecule has 0 amide bonds. The molecule has 0 unspecified atom stereocenters. The molecular weight excluding hydrogens is 269 g/mol. The zero-order chi connectivity index (χ0) is 15.1. The Bertz CT molecular complexity index is 646. The number of alkyl halides is 3. The smallest absolute Gasteiger partial charge is 0.422 e. The molecule has 0 fully saturated rings. The Kier molecular flexibility index (Phi) is 3.33. The van der Waals surface area contributed by atoms with Crippen molar-refractivity contribution in [2.75, 3.05) is 5.73 Å². The van der Waals surface area contributed by atoms with Crippen LogP contribution in [0.2, 0.25) is 0 Å². The molecular formula is C14H13F3N2O. The first kappa shape index (κ1) is 14.2. The van der Waals surface area contributed by atoms with Crippen molar-refractivity contribution in [1.82, 2.24) is 4.98 Å². The van der Waals surface area contributed by atoms with E-state index in [1.165, 1.54) is 0 Å². The van der Waals surface area contributed by atoms with Gasteiger partial charge in [0.25, 0.3) is 0 Å². The van der Waals surface area contributed by atoms with Crippen molar-refractivity contribution >= 4 is 5.82 Å². The summed E-state index contributed by atoms with van der Waals surface area (Å²) >= 11 is 0. The van der Waals surface area contributed by atoms with Crippen molar-refractivity contribution in [3.8, 4) is 17.0 Å². The maximum absolute atomic E-state index is 13.1. The fourth-order valence-corrected chi connectivity index (χ4v) is 2.20. The highest BCUT2D eigenvalue weighted by atomic mass is 19.4. The number of hydrogen-bond acceptors (Lipinski definition) is 3. The number of pyridine rings is 1. The predicted molar refractivity (Wildman–Crippen MR) is 70.2 cm³/mol. The number of nitrogens with two attached hydrogens (primary N) is 1. The SMILES string of the molecule is Cc1cccc(C)c1-c1nc(N)cc(O)c1C(F)(F)F. The minimum Gasteiger partial charge on any atom is -0.507 e. The van der Waals surface area contributed by atoms with E-state index in [9.17, 15) is 18.3 Å². The topological polar surface area (TPSA) is 59.1 Å². The number of halogens is 3. The fraction of sp³-hybridized carbons (Fsp3) is 0.214. The Morgan fingerprint density at radius 2 is 1.70 bits per heavy atom. The summed E-state index contributed by atoms with van der Waals surface area (Å²) in [6, 6.07) is 5.92. The first-order chi connectivity index (χ1) is 9.21. The molecule has 20 heavy (non-hydrogen) atoms. The van der Waals surface area contributed by atoms with E-state index in [0.717, 1.165) is 6.07 Å². The molecule has 0 aliphatic rings. The lowest BCUT2D eigenvalue weighted by molar-refractivity contribution is -0.138. The number of rotatable bonds is 1. The summed E-state index contributed by atoms with van der Waals surface area (Å²) in [4.78, 5) is 3.79. The molecule has 1 heterocycles. The van der Waals surface area contributed by atoms with Gasteiger partial charge in [0.1, 0.15) is 17.1 Å². The van der Waals surface area contributed by atoms with Crippen LogP contribution in [0.15, 0.2) is 24.3 Å². The van der Waals surface area contributed by atoms with E-state index in [2.05, 4.69) is 4.98 Å². The number of nitrogen functional groups attached to an aromatic ring is 1. The minimum absolute atomic E-state index is 0.159. The lowest BCUT2D eigenvalue weighted by Crippen LogP contribution is -2.11. The summed E-state index contributed by atoms with van der Waals surface area (Å²) in [6.45, 7) is 3.37. The Morgan fingerprint density at radius 3 is 2.20 bits per heavy atom. The van der Waals surface area contributed by atoms with Gasteiger partial charge in [0.05, 0.1) is 5.69 Å². The van der Waals surface area contributed by atoms with Gasteiger partial charge in [-0.1, -0.05) is 18.2 Å². The highest BCUT2D eigenvalue weighted by molar-refractivity contribution is 5.74. The lowest BCUT2D eigenvalue weighted by Gasteiger charge is -2.17.